The molecule has 0 unspecified atom stereocenters. The molecule has 0 aliphatic rings. The highest BCUT2D eigenvalue weighted by Crippen LogP contribution is 2.40. The molecule has 1 rings (SSSR count). The van der Waals surface area contributed by atoms with Gasteiger partial charge in [-0.1, -0.05) is 11.6 Å². The van der Waals surface area contributed by atoms with Crippen LogP contribution in [-0.4, -0.2) is 18.2 Å². The maximum absolute atomic E-state index is 11.1. The van der Waals surface area contributed by atoms with Crippen LogP contribution in [0.3, 0.4) is 0 Å². The molecule has 0 aromatic heterocycles. The van der Waals surface area contributed by atoms with Crippen molar-refractivity contribution in [3.8, 4) is 5.75 Å². The van der Waals surface area contributed by atoms with Crippen molar-refractivity contribution in [1.29, 1.82) is 0 Å². The molecule has 0 heterocycles. The molecule has 0 saturated heterocycles. The fourth-order valence-electron chi connectivity index (χ4n) is 0.999. The first-order valence-electron chi connectivity index (χ1n) is 3.75. The van der Waals surface area contributed by atoms with E-state index >= 15 is 0 Å². The predicted octanol–water partition coefficient (Wildman–Crippen LogP) is 1.81. The van der Waals surface area contributed by atoms with E-state index in [-0.39, 0.29) is 16.3 Å². The van der Waals surface area contributed by atoms with E-state index in [4.69, 9.17) is 17.3 Å². The minimum Gasteiger partial charge on any atom is -0.505 e. The fraction of sp³-hybridized carbons (Fsp3) is 0.125. The van der Waals surface area contributed by atoms with Crippen LogP contribution in [0.1, 0.15) is 10.4 Å². The summed E-state index contributed by atoms with van der Waals surface area (Å²) in [6.07, 6.45) is 0. The molecule has 3 N–H and O–H groups in total. The number of methoxy groups -OCH3 is 1. The molecule has 7 heteroatoms. The number of halogens is 1. The molecular weight excluding hydrogens is 224 g/mol. The molecule has 0 aliphatic heterocycles. The number of carbonyl (C=O) groups excluding carboxylic acids is 1. The lowest BCUT2D eigenvalue weighted by molar-refractivity contribution is 0.0597. The number of hydrogen-bond donors (Lipinski definition) is 2. The van der Waals surface area contributed by atoms with Crippen LogP contribution >= 0.6 is 11.6 Å². The average Bonchev–Trinajstić information content (AvgIpc) is 2.23. The normalized spacial score (nSPS) is 9.73. The van der Waals surface area contributed by atoms with E-state index in [0.29, 0.717) is 0 Å². The zero-order valence-electron chi connectivity index (χ0n) is 7.65. The number of benzene rings is 1. The van der Waals surface area contributed by atoms with Gasteiger partial charge in [0.25, 0.3) is 0 Å². The predicted molar refractivity (Wildman–Crippen MR) is 54.3 cm³/mol. The van der Waals surface area contributed by atoms with Gasteiger partial charge in [-0.25, -0.2) is 4.79 Å². The Balaban J connectivity index is 3.50. The third-order valence-electron chi connectivity index (χ3n) is 1.76. The second-order valence-corrected chi connectivity index (χ2v) is 3.01. The third-order valence-corrected chi connectivity index (χ3v) is 2.07. The summed E-state index contributed by atoms with van der Waals surface area (Å²) in [5.41, 5.74) is 4.46. The summed E-state index contributed by atoms with van der Waals surface area (Å²) in [6.45, 7) is 0. The Labute approximate surface area is 89.6 Å². The van der Waals surface area contributed by atoms with Crippen molar-refractivity contribution in [2.75, 3.05) is 12.8 Å². The van der Waals surface area contributed by atoms with Crippen molar-refractivity contribution < 1.29 is 14.6 Å². The van der Waals surface area contributed by atoms with Crippen molar-refractivity contribution in [3.63, 3.8) is 0 Å². The highest BCUT2D eigenvalue weighted by Gasteiger charge is 2.20. The van der Waals surface area contributed by atoms with Gasteiger partial charge in [0.2, 0.25) is 0 Å². The number of nitrogen functional groups attached to an aromatic ring is 1. The van der Waals surface area contributed by atoms with Gasteiger partial charge < -0.3 is 15.6 Å². The average molecular weight is 231 g/mol. The molecule has 0 spiro atoms. The van der Waals surface area contributed by atoms with Gasteiger partial charge >= 0.3 is 5.97 Å². The first-order chi connectivity index (χ1) is 7.02. The van der Waals surface area contributed by atoms with Crippen molar-refractivity contribution in [1.82, 2.24) is 0 Å². The maximum atomic E-state index is 11.1. The number of carbonyl (C=O) groups is 1. The molecule has 0 amide bonds. The van der Waals surface area contributed by atoms with Crippen molar-refractivity contribution in [3.05, 3.63) is 21.6 Å². The second kappa shape index (κ2) is 4.14. The van der Waals surface area contributed by atoms with E-state index < -0.39 is 17.4 Å². The number of hydrogen-bond acceptors (Lipinski definition) is 6. The quantitative estimate of drug-likeness (QED) is 0.458. The molecule has 0 aliphatic carbocycles. The van der Waals surface area contributed by atoms with Gasteiger partial charge in [-0.2, -0.15) is 0 Å². The van der Waals surface area contributed by atoms with Gasteiger partial charge in [-0.3, -0.25) is 0 Å². The van der Waals surface area contributed by atoms with Gasteiger partial charge in [0.15, 0.2) is 11.4 Å². The minimum absolute atomic E-state index is 0.0530. The van der Waals surface area contributed by atoms with Gasteiger partial charge in [0, 0.05) is 0 Å². The topological polar surface area (TPSA) is 102 Å². The smallest absolute Gasteiger partial charge is 0.341 e. The van der Waals surface area contributed by atoms with E-state index in [2.05, 4.69) is 9.91 Å². The van der Waals surface area contributed by atoms with E-state index in [1.165, 1.54) is 0 Å². The SMILES string of the molecule is COC(=O)c1cc(Cl)c(N)c(N=O)c1O. The summed E-state index contributed by atoms with van der Waals surface area (Å²) >= 11 is 5.63. The first-order valence-corrected chi connectivity index (χ1v) is 4.13. The lowest BCUT2D eigenvalue weighted by atomic mass is 10.1. The van der Waals surface area contributed by atoms with Crippen LogP contribution in [0.5, 0.6) is 5.75 Å². The number of phenols is 1. The number of aromatic hydroxyl groups is 1. The van der Waals surface area contributed by atoms with Crippen LogP contribution in [0, 0.1) is 4.91 Å². The summed E-state index contributed by atoms with van der Waals surface area (Å²) in [4.78, 5) is 21.5. The number of ether oxygens (including phenoxy) is 1. The summed E-state index contributed by atoms with van der Waals surface area (Å²) in [5.74, 6) is -1.47. The molecule has 0 bridgehead atoms. The molecule has 1 aromatic carbocycles. The Morgan fingerprint density at radius 1 is 1.67 bits per heavy atom. The van der Waals surface area contributed by atoms with Crippen LogP contribution in [0.4, 0.5) is 11.4 Å². The van der Waals surface area contributed by atoms with Crippen LogP contribution < -0.4 is 5.73 Å². The Morgan fingerprint density at radius 2 is 2.27 bits per heavy atom. The molecule has 80 valence electrons. The van der Waals surface area contributed by atoms with Crippen molar-refractivity contribution >= 4 is 28.9 Å². The van der Waals surface area contributed by atoms with Gasteiger partial charge in [0.1, 0.15) is 5.56 Å². The highest BCUT2D eigenvalue weighted by atomic mass is 35.5. The third kappa shape index (κ3) is 1.84. The Morgan fingerprint density at radius 3 is 2.73 bits per heavy atom. The Bertz CT molecular complexity index is 433. The van der Waals surface area contributed by atoms with E-state index in [9.17, 15) is 14.8 Å². The standard InChI is InChI=1S/C8H7ClN2O4/c1-15-8(13)3-2-4(9)5(10)6(11-14)7(3)12/h2,12H,10H2,1H3. The van der Waals surface area contributed by atoms with Crippen LogP contribution in [-0.2, 0) is 4.74 Å². The highest BCUT2D eigenvalue weighted by molar-refractivity contribution is 6.34. The largest absolute Gasteiger partial charge is 0.505 e. The molecule has 6 nitrogen and oxygen atoms in total. The van der Waals surface area contributed by atoms with Gasteiger partial charge in [0.05, 0.1) is 17.8 Å². The van der Waals surface area contributed by atoms with E-state index in [1.807, 2.05) is 0 Å². The Kier molecular flexibility index (Phi) is 3.11. The molecule has 0 saturated carbocycles. The van der Waals surface area contributed by atoms with Crippen LogP contribution in [0.15, 0.2) is 11.2 Å². The molecule has 0 atom stereocenters. The van der Waals surface area contributed by atoms with Gasteiger partial charge in [-0.15, -0.1) is 4.91 Å². The van der Waals surface area contributed by atoms with Crippen LogP contribution in [0.25, 0.3) is 0 Å². The second-order valence-electron chi connectivity index (χ2n) is 2.60. The summed E-state index contributed by atoms with van der Waals surface area (Å²) in [6, 6.07) is 1.10. The molecule has 0 fully saturated rings. The Hall–Kier alpha value is -1.82. The number of nitrogens with two attached hydrogens (primary N) is 1. The lowest BCUT2D eigenvalue weighted by Crippen LogP contribution is -2.03. The summed E-state index contributed by atoms with van der Waals surface area (Å²) in [5, 5.41) is 11.9. The lowest BCUT2D eigenvalue weighted by Gasteiger charge is -2.07. The fourth-order valence-corrected chi connectivity index (χ4v) is 1.20. The zero-order chi connectivity index (χ0) is 11.6. The maximum Gasteiger partial charge on any atom is 0.341 e. The zero-order valence-corrected chi connectivity index (χ0v) is 8.41. The number of nitrogens with zero attached hydrogens (tertiary/aromatic N) is 1. The summed E-state index contributed by atoms with van der Waals surface area (Å²) < 4.78 is 4.37. The molecule has 1 aromatic rings. The number of anilines is 1. The minimum atomic E-state index is -0.834. The van der Waals surface area contributed by atoms with Crippen molar-refractivity contribution in [2.45, 2.75) is 0 Å². The number of esters is 1. The molecule has 0 radical (unpaired) electrons. The monoisotopic (exact) mass is 230 g/mol. The number of rotatable bonds is 2. The van der Waals surface area contributed by atoms with Crippen LogP contribution in [0.2, 0.25) is 5.02 Å². The molecule has 15 heavy (non-hydrogen) atoms. The first kappa shape index (κ1) is 11.3. The van der Waals surface area contributed by atoms with E-state index in [1.54, 1.807) is 0 Å². The van der Waals surface area contributed by atoms with E-state index in [0.717, 1.165) is 13.2 Å². The number of nitroso groups, excluding NO2 is 1. The summed E-state index contributed by atoms with van der Waals surface area (Å²) in [7, 11) is 1.13. The van der Waals surface area contributed by atoms with Crippen molar-refractivity contribution in [2.24, 2.45) is 5.18 Å². The van der Waals surface area contributed by atoms with Gasteiger partial charge in [-0.05, 0) is 11.2 Å². The number of phenolic OH excluding ortho intramolecular Hbond substituents is 1. The molecular formula is C8H7ClN2O4.